The van der Waals surface area contributed by atoms with Gasteiger partial charge in [-0.05, 0) is 25.2 Å². The molecular weight excluding hydrogens is 156 g/mol. The Bertz CT molecular complexity index is 202. The monoisotopic (exact) mass is 170 g/mol. The maximum atomic E-state index is 10.7. The SMILES string of the molecule is CC(=O)O[C@H]1CC[C@H](O)[C@H]2C[C@H]21. The van der Waals surface area contributed by atoms with E-state index in [0.29, 0.717) is 11.8 Å². The van der Waals surface area contributed by atoms with Gasteiger partial charge in [-0.15, -0.1) is 0 Å². The topological polar surface area (TPSA) is 46.5 Å². The van der Waals surface area contributed by atoms with E-state index in [4.69, 9.17) is 4.74 Å². The molecule has 4 atom stereocenters. The lowest BCUT2D eigenvalue weighted by atomic mass is 9.95. The number of esters is 1. The van der Waals surface area contributed by atoms with Gasteiger partial charge in [0, 0.05) is 12.8 Å². The molecule has 0 heterocycles. The fourth-order valence-corrected chi connectivity index (χ4v) is 2.23. The van der Waals surface area contributed by atoms with E-state index >= 15 is 0 Å². The van der Waals surface area contributed by atoms with Crippen LogP contribution in [0.4, 0.5) is 0 Å². The van der Waals surface area contributed by atoms with E-state index in [9.17, 15) is 9.90 Å². The third-order valence-corrected chi connectivity index (χ3v) is 2.93. The summed E-state index contributed by atoms with van der Waals surface area (Å²) in [7, 11) is 0. The lowest BCUT2D eigenvalue weighted by molar-refractivity contribution is -0.149. The minimum absolute atomic E-state index is 0.0934. The average Bonchev–Trinajstić information content (AvgIpc) is 2.73. The molecule has 0 aliphatic heterocycles. The van der Waals surface area contributed by atoms with Gasteiger partial charge in [-0.1, -0.05) is 0 Å². The van der Waals surface area contributed by atoms with Crippen molar-refractivity contribution in [3.8, 4) is 0 Å². The molecule has 0 saturated heterocycles. The highest BCUT2D eigenvalue weighted by Gasteiger charge is 2.51. The van der Waals surface area contributed by atoms with Gasteiger partial charge >= 0.3 is 5.97 Å². The van der Waals surface area contributed by atoms with Crippen molar-refractivity contribution in [2.75, 3.05) is 0 Å². The average molecular weight is 170 g/mol. The second-order valence-electron chi connectivity index (χ2n) is 3.86. The highest BCUT2D eigenvalue weighted by atomic mass is 16.5. The maximum absolute atomic E-state index is 10.7. The Kier molecular flexibility index (Phi) is 1.83. The number of ether oxygens (including phenoxy) is 1. The lowest BCUT2D eigenvalue weighted by Crippen LogP contribution is -2.28. The van der Waals surface area contributed by atoms with Crippen molar-refractivity contribution in [3.63, 3.8) is 0 Å². The highest BCUT2D eigenvalue weighted by molar-refractivity contribution is 5.66. The summed E-state index contributed by atoms with van der Waals surface area (Å²) in [6, 6.07) is 0. The molecule has 0 unspecified atom stereocenters. The van der Waals surface area contributed by atoms with Crippen LogP contribution in [-0.4, -0.2) is 23.3 Å². The van der Waals surface area contributed by atoms with Crippen molar-refractivity contribution >= 4 is 5.97 Å². The van der Waals surface area contributed by atoms with Crippen LogP contribution in [0.15, 0.2) is 0 Å². The van der Waals surface area contributed by atoms with E-state index < -0.39 is 0 Å². The van der Waals surface area contributed by atoms with E-state index in [1.54, 1.807) is 0 Å². The Morgan fingerprint density at radius 3 is 2.83 bits per heavy atom. The molecule has 2 rings (SSSR count). The molecule has 0 radical (unpaired) electrons. The van der Waals surface area contributed by atoms with Gasteiger partial charge in [-0.3, -0.25) is 4.79 Å². The van der Waals surface area contributed by atoms with Crippen molar-refractivity contribution in [2.24, 2.45) is 11.8 Å². The lowest BCUT2D eigenvalue weighted by Gasteiger charge is -2.24. The number of fused-ring (bicyclic) bond motifs is 1. The molecule has 0 amide bonds. The molecule has 68 valence electrons. The van der Waals surface area contributed by atoms with Crippen molar-refractivity contribution in [2.45, 2.75) is 38.4 Å². The molecular formula is C9H14O3. The standard InChI is InChI=1S/C9H14O3/c1-5(10)12-9-3-2-8(11)6-4-7(6)9/h6-9,11H,2-4H2,1H3/t6-,7+,8-,9-/m0/s1. The molecule has 0 aromatic rings. The van der Waals surface area contributed by atoms with Crippen LogP contribution in [-0.2, 0) is 9.53 Å². The molecule has 2 fully saturated rings. The summed E-state index contributed by atoms with van der Waals surface area (Å²) < 4.78 is 5.14. The van der Waals surface area contributed by atoms with Crippen LogP contribution in [0.2, 0.25) is 0 Å². The van der Waals surface area contributed by atoms with Gasteiger partial charge in [-0.2, -0.15) is 0 Å². The third kappa shape index (κ3) is 1.33. The molecule has 3 nitrogen and oxygen atoms in total. The summed E-state index contributed by atoms with van der Waals surface area (Å²) >= 11 is 0. The van der Waals surface area contributed by atoms with Crippen LogP contribution in [0.1, 0.15) is 26.2 Å². The Morgan fingerprint density at radius 2 is 2.17 bits per heavy atom. The normalized spacial score (nSPS) is 44.8. The molecule has 2 aliphatic carbocycles. The Balaban J connectivity index is 1.90. The molecule has 3 heteroatoms. The minimum atomic E-state index is -0.193. The number of hydrogen-bond donors (Lipinski definition) is 1. The van der Waals surface area contributed by atoms with Crippen LogP contribution in [0.5, 0.6) is 0 Å². The first-order valence-corrected chi connectivity index (χ1v) is 4.54. The Morgan fingerprint density at radius 1 is 1.42 bits per heavy atom. The van der Waals surface area contributed by atoms with Gasteiger partial charge < -0.3 is 9.84 Å². The van der Waals surface area contributed by atoms with Crippen molar-refractivity contribution in [1.82, 2.24) is 0 Å². The van der Waals surface area contributed by atoms with Gasteiger partial charge in [0.1, 0.15) is 6.10 Å². The van der Waals surface area contributed by atoms with Crippen LogP contribution < -0.4 is 0 Å². The Labute approximate surface area is 71.7 Å². The van der Waals surface area contributed by atoms with Gasteiger partial charge in [0.2, 0.25) is 0 Å². The third-order valence-electron chi connectivity index (χ3n) is 2.93. The predicted octanol–water partition coefficient (Wildman–Crippen LogP) is 0.709. The number of hydrogen-bond acceptors (Lipinski definition) is 3. The number of rotatable bonds is 1. The largest absolute Gasteiger partial charge is 0.462 e. The second kappa shape index (κ2) is 2.73. The molecule has 0 aromatic carbocycles. The van der Waals surface area contributed by atoms with E-state index in [2.05, 4.69) is 0 Å². The number of aliphatic hydroxyl groups is 1. The minimum Gasteiger partial charge on any atom is -0.462 e. The fraction of sp³-hybridized carbons (Fsp3) is 0.889. The van der Waals surface area contributed by atoms with Crippen LogP contribution in [0.25, 0.3) is 0 Å². The van der Waals surface area contributed by atoms with Crippen LogP contribution in [0.3, 0.4) is 0 Å². The van der Waals surface area contributed by atoms with E-state index in [0.717, 1.165) is 19.3 Å². The van der Waals surface area contributed by atoms with Gasteiger partial charge in [0.15, 0.2) is 0 Å². The first-order valence-electron chi connectivity index (χ1n) is 4.54. The van der Waals surface area contributed by atoms with Crippen LogP contribution in [0, 0.1) is 11.8 Å². The summed E-state index contributed by atoms with van der Waals surface area (Å²) in [4.78, 5) is 10.7. The molecule has 2 aliphatic rings. The Hall–Kier alpha value is -0.570. The summed E-state index contributed by atoms with van der Waals surface area (Å²) in [5.74, 6) is 0.683. The maximum Gasteiger partial charge on any atom is 0.302 e. The fourth-order valence-electron chi connectivity index (χ4n) is 2.23. The molecule has 0 spiro atoms. The first-order chi connectivity index (χ1) is 5.68. The zero-order valence-corrected chi connectivity index (χ0v) is 7.19. The van der Waals surface area contributed by atoms with Crippen molar-refractivity contribution in [1.29, 1.82) is 0 Å². The van der Waals surface area contributed by atoms with Crippen molar-refractivity contribution in [3.05, 3.63) is 0 Å². The van der Waals surface area contributed by atoms with Gasteiger partial charge in [-0.25, -0.2) is 0 Å². The van der Waals surface area contributed by atoms with E-state index in [-0.39, 0.29) is 18.2 Å². The van der Waals surface area contributed by atoms with E-state index in [1.165, 1.54) is 6.92 Å². The van der Waals surface area contributed by atoms with Gasteiger partial charge in [0.05, 0.1) is 6.10 Å². The zero-order valence-electron chi connectivity index (χ0n) is 7.19. The number of carbonyl (C=O) groups is 1. The predicted molar refractivity (Wildman–Crippen MR) is 42.4 cm³/mol. The summed E-state index contributed by atoms with van der Waals surface area (Å²) in [6.07, 6.45) is 2.62. The zero-order chi connectivity index (χ0) is 8.72. The van der Waals surface area contributed by atoms with Gasteiger partial charge in [0.25, 0.3) is 0 Å². The molecule has 0 bridgehead atoms. The second-order valence-corrected chi connectivity index (χ2v) is 3.86. The number of aliphatic hydroxyl groups excluding tert-OH is 1. The molecule has 2 saturated carbocycles. The molecule has 0 aromatic heterocycles. The van der Waals surface area contributed by atoms with Crippen molar-refractivity contribution < 1.29 is 14.6 Å². The summed E-state index contributed by atoms with van der Waals surface area (Å²) in [5.41, 5.74) is 0. The summed E-state index contributed by atoms with van der Waals surface area (Å²) in [6.45, 7) is 1.45. The highest BCUT2D eigenvalue weighted by Crippen LogP contribution is 2.50. The molecule has 1 N–H and O–H groups in total. The number of carbonyl (C=O) groups excluding carboxylic acids is 1. The van der Waals surface area contributed by atoms with E-state index in [1.807, 2.05) is 0 Å². The smallest absolute Gasteiger partial charge is 0.302 e. The molecule has 12 heavy (non-hydrogen) atoms. The summed E-state index contributed by atoms with van der Waals surface area (Å²) in [5, 5.41) is 9.43. The quantitative estimate of drug-likeness (QED) is 0.589. The van der Waals surface area contributed by atoms with Crippen LogP contribution >= 0.6 is 0 Å². The first kappa shape index (κ1) is 8.05.